The third-order valence-electron chi connectivity index (χ3n) is 4.96. The largest absolute Gasteiger partial charge is 0.384 e. The van der Waals surface area contributed by atoms with Crippen LogP contribution >= 0.6 is 0 Å². The van der Waals surface area contributed by atoms with Crippen LogP contribution in [0.15, 0.2) is 24.3 Å². The van der Waals surface area contributed by atoms with E-state index in [1.807, 2.05) is 0 Å². The van der Waals surface area contributed by atoms with Crippen LogP contribution in [0, 0.1) is 5.92 Å². The van der Waals surface area contributed by atoms with E-state index in [2.05, 4.69) is 29.2 Å². The maximum absolute atomic E-state index is 6.12. The highest BCUT2D eigenvalue weighted by Crippen LogP contribution is 2.41. The topological polar surface area (TPSA) is 38.5 Å². The van der Waals surface area contributed by atoms with Gasteiger partial charge in [0.2, 0.25) is 0 Å². The van der Waals surface area contributed by atoms with Crippen LogP contribution in [-0.4, -0.2) is 38.3 Å². The van der Waals surface area contributed by atoms with Crippen molar-refractivity contribution in [1.29, 1.82) is 0 Å². The Labute approximate surface area is 128 Å². The number of benzene rings is 1. The van der Waals surface area contributed by atoms with Gasteiger partial charge in [0.15, 0.2) is 0 Å². The molecule has 116 valence electrons. The number of methoxy groups -OCH3 is 1. The van der Waals surface area contributed by atoms with Crippen molar-refractivity contribution in [3.63, 3.8) is 0 Å². The van der Waals surface area contributed by atoms with Crippen LogP contribution in [0.4, 0.5) is 0 Å². The zero-order valence-corrected chi connectivity index (χ0v) is 13.1. The van der Waals surface area contributed by atoms with Gasteiger partial charge in [-0.1, -0.05) is 24.3 Å². The highest BCUT2D eigenvalue weighted by molar-refractivity contribution is 5.31. The third kappa shape index (κ3) is 3.65. The van der Waals surface area contributed by atoms with E-state index >= 15 is 0 Å². The Hall–Kier alpha value is -0.900. The number of likely N-dealkylation sites (tertiary alicyclic amines) is 1. The molecule has 2 unspecified atom stereocenters. The average molecular weight is 288 g/mol. The molecule has 2 N–H and O–H groups in total. The second-order valence-electron chi connectivity index (χ2n) is 6.65. The summed E-state index contributed by atoms with van der Waals surface area (Å²) in [6, 6.07) is 9.50. The molecule has 0 amide bonds. The molecule has 21 heavy (non-hydrogen) atoms. The summed E-state index contributed by atoms with van der Waals surface area (Å²) in [6.45, 7) is 3.85. The van der Waals surface area contributed by atoms with Crippen molar-refractivity contribution < 1.29 is 4.74 Å². The first kappa shape index (κ1) is 15.0. The highest BCUT2D eigenvalue weighted by atomic mass is 16.5. The van der Waals surface area contributed by atoms with Gasteiger partial charge in [-0.15, -0.1) is 0 Å². The maximum Gasteiger partial charge on any atom is 0.0502 e. The Morgan fingerprint density at radius 1 is 1.33 bits per heavy atom. The summed E-state index contributed by atoms with van der Waals surface area (Å²) in [5, 5.41) is 0. The van der Waals surface area contributed by atoms with E-state index in [4.69, 9.17) is 10.5 Å². The van der Waals surface area contributed by atoms with Crippen molar-refractivity contribution in [3.8, 4) is 0 Å². The number of ether oxygens (including phenoxy) is 1. The van der Waals surface area contributed by atoms with Crippen LogP contribution in [0.5, 0.6) is 0 Å². The molecule has 1 aliphatic heterocycles. The van der Waals surface area contributed by atoms with Gasteiger partial charge in [-0.05, 0) is 55.2 Å². The molecular weight excluding hydrogens is 260 g/mol. The molecule has 2 atom stereocenters. The molecule has 1 saturated heterocycles. The van der Waals surface area contributed by atoms with Gasteiger partial charge >= 0.3 is 0 Å². The molecule has 0 radical (unpaired) electrons. The van der Waals surface area contributed by atoms with Gasteiger partial charge in [-0.2, -0.15) is 0 Å². The molecule has 3 rings (SSSR count). The maximum atomic E-state index is 6.12. The standard InChI is InChI=1S/C18H28N2O/c1-21-13-14-4-3-9-20(12-14)18(11-19)17-6-2-5-16(10-17)15-7-8-15/h2,5-6,10,14-15,18H,3-4,7-9,11-13,19H2,1H3. The highest BCUT2D eigenvalue weighted by Gasteiger charge is 2.28. The summed E-state index contributed by atoms with van der Waals surface area (Å²) >= 11 is 0. The van der Waals surface area contributed by atoms with Gasteiger partial charge in [0.25, 0.3) is 0 Å². The molecule has 0 bridgehead atoms. The molecule has 3 heteroatoms. The summed E-state index contributed by atoms with van der Waals surface area (Å²) in [4.78, 5) is 2.57. The van der Waals surface area contributed by atoms with Crippen LogP contribution < -0.4 is 5.73 Å². The number of rotatable bonds is 6. The van der Waals surface area contributed by atoms with E-state index in [1.165, 1.54) is 36.8 Å². The number of piperidine rings is 1. The SMILES string of the molecule is COCC1CCCN(C(CN)c2cccc(C3CC3)c2)C1. The molecule has 2 fully saturated rings. The van der Waals surface area contributed by atoms with Gasteiger partial charge in [0, 0.05) is 26.2 Å². The molecule has 0 aromatic heterocycles. The quantitative estimate of drug-likeness (QED) is 0.874. The minimum absolute atomic E-state index is 0.364. The van der Waals surface area contributed by atoms with Crippen molar-refractivity contribution in [2.45, 2.75) is 37.6 Å². The van der Waals surface area contributed by atoms with Crippen LogP contribution in [0.1, 0.15) is 48.8 Å². The third-order valence-corrected chi connectivity index (χ3v) is 4.96. The summed E-state index contributed by atoms with van der Waals surface area (Å²) in [5.74, 6) is 1.47. The first-order valence-electron chi connectivity index (χ1n) is 8.34. The molecule has 0 spiro atoms. The Balaban J connectivity index is 1.72. The second-order valence-corrected chi connectivity index (χ2v) is 6.65. The Morgan fingerprint density at radius 2 is 2.19 bits per heavy atom. The van der Waals surface area contributed by atoms with Crippen molar-refractivity contribution in [1.82, 2.24) is 4.90 Å². The minimum Gasteiger partial charge on any atom is -0.384 e. The lowest BCUT2D eigenvalue weighted by Crippen LogP contribution is -2.42. The van der Waals surface area contributed by atoms with Crippen LogP contribution in [0.25, 0.3) is 0 Å². The molecule has 3 nitrogen and oxygen atoms in total. The minimum atomic E-state index is 0.364. The monoisotopic (exact) mass is 288 g/mol. The van der Waals surface area contributed by atoms with E-state index in [0.29, 0.717) is 18.5 Å². The number of nitrogens with zero attached hydrogens (tertiary/aromatic N) is 1. The second kappa shape index (κ2) is 6.91. The van der Waals surface area contributed by atoms with Gasteiger partial charge in [-0.25, -0.2) is 0 Å². The lowest BCUT2D eigenvalue weighted by Gasteiger charge is -2.38. The molecule has 1 heterocycles. The first-order chi connectivity index (χ1) is 10.3. The fourth-order valence-electron chi connectivity index (χ4n) is 3.68. The zero-order chi connectivity index (χ0) is 14.7. The summed E-state index contributed by atoms with van der Waals surface area (Å²) in [6.07, 6.45) is 5.25. The van der Waals surface area contributed by atoms with Crippen LogP contribution in [0.3, 0.4) is 0 Å². The van der Waals surface area contributed by atoms with Gasteiger partial charge < -0.3 is 10.5 Å². The predicted molar refractivity (Wildman–Crippen MR) is 86.4 cm³/mol. The molecule has 1 aromatic rings. The Morgan fingerprint density at radius 3 is 2.90 bits per heavy atom. The lowest BCUT2D eigenvalue weighted by atomic mass is 9.94. The molecule has 1 aliphatic carbocycles. The van der Waals surface area contributed by atoms with Crippen molar-refractivity contribution >= 4 is 0 Å². The van der Waals surface area contributed by atoms with Gasteiger partial charge in [0.05, 0.1) is 6.61 Å². The van der Waals surface area contributed by atoms with E-state index in [9.17, 15) is 0 Å². The predicted octanol–water partition coefficient (Wildman–Crippen LogP) is 2.92. The normalized spacial score (nSPS) is 25.0. The number of nitrogens with two attached hydrogens (primary N) is 1. The van der Waals surface area contributed by atoms with E-state index < -0.39 is 0 Å². The van der Waals surface area contributed by atoms with Crippen molar-refractivity contribution in [3.05, 3.63) is 35.4 Å². The van der Waals surface area contributed by atoms with Gasteiger partial charge in [0.1, 0.15) is 0 Å². The molecular formula is C18H28N2O. The number of hydrogen-bond acceptors (Lipinski definition) is 3. The smallest absolute Gasteiger partial charge is 0.0502 e. The van der Waals surface area contributed by atoms with E-state index in [-0.39, 0.29) is 0 Å². The van der Waals surface area contributed by atoms with E-state index in [0.717, 1.165) is 25.6 Å². The van der Waals surface area contributed by atoms with Gasteiger partial charge in [-0.3, -0.25) is 4.90 Å². The lowest BCUT2D eigenvalue weighted by molar-refractivity contribution is 0.0697. The summed E-state index contributed by atoms with van der Waals surface area (Å²) < 4.78 is 5.35. The Kier molecular flexibility index (Phi) is 4.94. The fourth-order valence-corrected chi connectivity index (χ4v) is 3.68. The summed E-state index contributed by atoms with van der Waals surface area (Å²) in [5.41, 5.74) is 9.04. The van der Waals surface area contributed by atoms with Crippen LogP contribution in [-0.2, 0) is 4.74 Å². The fraction of sp³-hybridized carbons (Fsp3) is 0.667. The number of hydrogen-bond donors (Lipinski definition) is 1. The van der Waals surface area contributed by atoms with Crippen molar-refractivity contribution in [2.75, 3.05) is 33.4 Å². The molecule has 1 saturated carbocycles. The average Bonchev–Trinajstić information content (AvgIpc) is 3.34. The Bertz CT molecular complexity index is 456. The molecule has 1 aromatic carbocycles. The zero-order valence-electron chi connectivity index (χ0n) is 13.1. The molecule has 2 aliphatic rings. The van der Waals surface area contributed by atoms with E-state index in [1.54, 1.807) is 7.11 Å². The summed E-state index contributed by atoms with van der Waals surface area (Å²) in [7, 11) is 1.80. The van der Waals surface area contributed by atoms with Crippen LogP contribution in [0.2, 0.25) is 0 Å². The first-order valence-corrected chi connectivity index (χ1v) is 8.34. The van der Waals surface area contributed by atoms with Crippen molar-refractivity contribution in [2.24, 2.45) is 11.7 Å².